The molecule has 0 radical (unpaired) electrons. The number of aliphatic hydroxyl groups is 1. The summed E-state index contributed by atoms with van der Waals surface area (Å²) in [6, 6.07) is 14.5. The molecule has 212 valence electrons. The number of nitrogens with zero attached hydrogens (tertiary/aromatic N) is 1. The number of aliphatic hydroxyl groups excluding tert-OH is 1. The van der Waals surface area contributed by atoms with Gasteiger partial charge in [-0.25, -0.2) is 5.06 Å². The molecular weight excluding hydrogens is 542 g/mol. The monoisotopic (exact) mass is 565 g/mol. The van der Waals surface area contributed by atoms with Crippen molar-refractivity contribution in [3.05, 3.63) is 78.4 Å². The zero-order valence-corrected chi connectivity index (χ0v) is 20.3. The van der Waals surface area contributed by atoms with Crippen LogP contribution in [0.25, 0.3) is 0 Å². The summed E-state index contributed by atoms with van der Waals surface area (Å²) < 4.78 is 117. The molecule has 1 atom stereocenters. The number of hydrogen-bond acceptors (Lipinski definition) is 5. The standard InChI is InChI=1S/C26H23F8NO4/c1-2-13-37-19-9-11-20(12-10-19)38-21-7-4-6-18(15-21)35(16-23(36)25(29,30)31)39-22-8-3-5-17(14-22)24(27,28)26(32,33)34/h3-12,14-15,23,36H,2,13,16H2,1H3/t23-/m0/s1. The Morgan fingerprint density at radius 1 is 0.769 bits per heavy atom. The second-order valence-corrected chi connectivity index (χ2v) is 8.23. The Labute approximate surface area is 218 Å². The molecule has 0 unspecified atom stereocenters. The van der Waals surface area contributed by atoms with E-state index in [9.17, 15) is 40.2 Å². The second kappa shape index (κ2) is 12.0. The van der Waals surface area contributed by atoms with Crippen LogP contribution >= 0.6 is 0 Å². The third kappa shape index (κ3) is 7.88. The molecule has 5 nitrogen and oxygen atoms in total. The van der Waals surface area contributed by atoms with Crippen molar-refractivity contribution in [1.29, 1.82) is 0 Å². The number of hydrogen-bond donors (Lipinski definition) is 1. The summed E-state index contributed by atoms with van der Waals surface area (Å²) in [4.78, 5) is 5.27. The highest BCUT2D eigenvalue weighted by atomic mass is 19.4. The molecule has 3 aromatic carbocycles. The maximum atomic E-state index is 13.8. The molecule has 0 heterocycles. The van der Waals surface area contributed by atoms with Gasteiger partial charge in [0.25, 0.3) is 0 Å². The molecule has 0 saturated carbocycles. The Balaban J connectivity index is 1.88. The molecule has 0 spiro atoms. The topological polar surface area (TPSA) is 51.2 Å². The van der Waals surface area contributed by atoms with E-state index in [-0.39, 0.29) is 11.4 Å². The van der Waals surface area contributed by atoms with Crippen LogP contribution in [0.1, 0.15) is 18.9 Å². The normalized spacial score (nSPS) is 13.1. The quantitative estimate of drug-likeness (QED) is 0.191. The first-order valence-electron chi connectivity index (χ1n) is 11.5. The van der Waals surface area contributed by atoms with Crippen LogP contribution in [0.15, 0.2) is 72.8 Å². The van der Waals surface area contributed by atoms with Crippen LogP contribution in [-0.2, 0) is 5.92 Å². The molecule has 0 aliphatic heterocycles. The number of halogens is 8. The van der Waals surface area contributed by atoms with Crippen LogP contribution < -0.4 is 19.4 Å². The van der Waals surface area contributed by atoms with Crippen molar-refractivity contribution in [3.8, 4) is 23.0 Å². The van der Waals surface area contributed by atoms with Crippen LogP contribution in [0.5, 0.6) is 23.0 Å². The van der Waals surface area contributed by atoms with Gasteiger partial charge in [-0.2, -0.15) is 35.1 Å². The summed E-state index contributed by atoms with van der Waals surface area (Å²) >= 11 is 0. The van der Waals surface area contributed by atoms with Gasteiger partial charge < -0.3 is 19.4 Å². The van der Waals surface area contributed by atoms with Crippen molar-refractivity contribution in [2.24, 2.45) is 0 Å². The largest absolute Gasteiger partial charge is 0.494 e. The number of benzene rings is 3. The predicted octanol–water partition coefficient (Wildman–Crippen LogP) is 7.65. The first-order chi connectivity index (χ1) is 18.2. The molecule has 0 aromatic heterocycles. The Morgan fingerprint density at radius 2 is 1.38 bits per heavy atom. The fraction of sp³-hybridized carbons (Fsp3) is 0.308. The number of rotatable bonds is 11. The molecule has 39 heavy (non-hydrogen) atoms. The minimum atomic E-state index is -5.91. The molecule has 1 N–H and O–H groups in total. The Bertz CT molecular complexity index is 1220. The second-order valence-electron chi connectivity index (χ2n) is 8.23. The Kier molecular flexibility index (Phi) is 9.15. The third-order valence-electron chi connectivity index (χ3n) is 5.12. The SMILES string of the molecule is CCCOc1ccc(Oc2cccc(N(C[C@H](O)C(F)(F)F)Oc3cccc(C(F)(F)C(F)(F)F)c3)c2)cc1. The summed E-state index contributed by atoms with van der Waals surface area (Å²) in [6.45, 7) is 1.22. The number of hydroxylamine groups is 1. The van der Waals surface area contributed by atoms with Crippen LogP contribution in [0.3, 0.4) is 0 Å². The average molecular weight is 565 g/mol. The highest BCUT2D eigenvalue weighted by Gasteiger charge is 2.58. The smallest absolute Gasteiger partial charge is 0.458 e. The average Bonchev–Trinajstić information content (AvgIpc) is 2.87. The van der Waals surface area contributed by atoms with Crippen molar-refractivity contribution < 1.29 is 54.5 Å². The number of alkyl halides is 8. The van der Waals surface area contributed by atoms with Crippen molar-refractivity contribution in [1.82, 2.24) is 0 Å². The van der Waals surface area contributed by atoms with Crippen molar-refractivity contribution in [2.45, 2.75) is 37.7 Å². The van der Waals surface area contributed by atoms with Crippen LogP contribution in [-0.4, -0.2) is 36.7 Å². The fourth-order valence-electron chi connectivity index (χ4n) is 3.16. The predicted molar refractivity (Wildman–Crippen MR) is 125 cm³/mol. The van der Waals surface area contributed by atoms with Gasteiger partial charge in [0.15, 0.2) is 11.9 Å². The van der Waals surface area contributed by atoms with E-state index >= 15 is 0 Å². The molecule has 0 fully saturated rings. The highest BCUT2D eigenvalue weighted by Crippen LogP contribution is 2.44. The molecule has 13 heteroatoms. The van der Waals surface area contributed by atoms with E-state index in [1.54, 1.807) is 24.3 Å². The summed E-state index contributed by atoms with van der Waals surface area (Å²) in [5.41, 5.74) is -1.60. The lowest BCUT2D eigenvalue weighted by Gasteiger charge is -2.28. The van der Waals surface area contributed by atoms with E-state index in [0.717, 1.165) is 18.6 Å². The van der Waals surface area contributed by atoms with Gasteiger partial charge >= 0.3 is 18.3 Å². The first kappa shape index (κ1) is 29.8. The maximum absolute atomic E-state index is 13.8. The van der Waals surface area contributed by atoms with Crippen molar-refractivity contribution in [2.75, 3.05) is 18.2 Å². The number of anilines is 1. The summed E-state index contributed by atoms with van der Waals surface area (Å²) in [7, 11) is 0. The Morgan fingerprint density at radius 3 is 2.00 bits per heavy atom. The van der Waals surface area contributed by atoms with Gasteiger partial charge in [-0.05, 0) is 55.0 Å². The molecule has 3 aromatic rings. The lowest BCUT2D eigenvalue weighted by Crippen LogP contribution is -2.42. The molecule has 0 aliphatic carbocycles. The molecule has 0 bridgehead atoms. The third-order valence-corrected chi connectivity index (χ3v) is 5.12. The zero-order valence-electron chi connectivity index (χ0n) is 20.3. The fourth-order valence-corrected chi connectivity index (χ4v) is 3.16. The van der Waals surface area contributed by atoms with Gasteiger partial charge in [0.1, 0.15) is 17.2 Å². The molecule has 3 rings (SSSR count). The van der Waals surface area contributed by atoms with E-state index in [0.29, 0.717) is 35.3 Å². The Hall–Kier alpha value is -3.74. The molecule has 0 saturated heterocycles. The van der Waals surface area contributed by atoms with Crippen LogP contribution in [0.4, 0.5) is 40.8 Å². The highest BCUT2D eigenvalue weighted by molar-refractivity contribution is 5.51. The summed E-state index contributed by atoms with van der Waals surface area (Å²) in [5.74, 6) is -4.80. The van der Waals surface area contributed by atoms with Gasteiger partial charge in [-0.1, -0.05) is 25.1 Å². The number of ether oxygens (including phenoxy) is 2. The van der Waals surface area contributed by atoms with E-state index in [4.69, 9.17) is 14.3 Å². The van der Waals surface area contributed by atoms with Crippen LogP contribution in [0, 0.1) is 0 Å². The summed E-state index contributed by atoms with van der Waals surface area (Å²) in [5, 5.41) is 10.1. The molecule has 0 amide bonds. The van der Waals surface area contributed by atoms with Gasteiger partial charge in [-0.3, -0.25) is 0 Å². The minimum Gasteiger partial charge on any atom is -0.494 e. The van der Waals surface area contributed by atoms with Gasteiger partial charge in [-0.15, -0.1) is 0 Å². The lowest BCUT2D eigenvalue weighted by molar-refractivity contribution is -0.289. The molecular formula is C26H23F8NO4. The van der Waals surface area contributed by atoms with Gasteiger partial charge in [0.05, 0.1) is 18.8 Å². The van der Waals surface area contributed by atoms with E-state index < -0.39 is 42.2 Å². The van der Waals surface area contributed by atoms with Crippen molar-refractivity contribution >= 4 is 5.69 Å². The van der Waals surface area contributed by atoms with Gasteiger partial charge in [0, 0.05) is 11.6 Å². The summed E-state index contributed by atoms with van der Waals surface area (Å²) in [6.07, 6.45) is -13.1. The zero-order chi connectivity index (χ0) is 28.8. The van der Waals surface area contributed by atoms with Gasteiger partial charge in [0.2, 0.25) is 0 Å². The maximum Gasteiger partial charge on any atom is 0.458 e. The lowest BCUT2D eigenvalue weighted by atomic mass is 10.1. The minimum absolute atomic E-state index is 0.119. The van der Waals surface area contributed by atoms with E-state index in [2.05, 4.69) is 0 Å². The molecule has 0 aliphatic rings. The first-order valence-corrected chi connectivity index (χ1v) is 11.5. The van der Waals surface area contributed by atoms with Crippen LogP contribution in [0.2, 0.25) is 0 Å². The van der Waals surface area contributed by atoms with Crippen molar-refractivity contribution in [3.63, 3.8) is 0 Å². The van der Waals surface area contributed by atoms with E-state index in [1.165, 1.54) is 24.3 Å². The van der Waals surface area contributed by atoms with E-state index in [1.807, 2.05) is 6.92 Å².